The normalized spacial score (nSPS) is 21.7. The standard InChI is InChI=1S/C19H32N2O2/c1-4-6-11-20(5-2)13-16-12-18(22)19(23)14-21(16)17-10-8-7-9-15(17)3/h12,14-15,17,23H,4-11,13H2,1-3H3. The van der Waals surface area contributed by atoms with Crippen LogP contribution in [0.4, 0.5) is 0 Å². The van der Waals surface area contributed by atoms with Gasteiger partial charge >= 0.3 is 0 Å². The van der Waals surface area contributed by atoms with Gasteiger partial charge < -0.3 is 9.67 Å². The Hall–Kier alpha value is -1.29. The van der Waals surface area contributed by atoms with Crippen LogP contribution in [0.3, 0.4) is 0 Å². The van der Waals surface area contributed by atoms with Crippen molar-refractivity contribution in [2.24, 2.45) is 5.92 Å². The zero-order valence-electron chi connectivity index (χ0n) is 14.9. The lowest BCUT2D eigenvalue weighted by Gasteiger charge is -2.34. The molecule has 1 saturated carbocycles. The molecular weight excluding hydrogens is 288 g/mol. The van der Waals surface area contributed by atoms with Gasteiger partial charge in [-0.1, -0.05) is 40.0 Å². The number of rotatable bonds is 7. The summed E-state index contributed by atoms with van der Waals surface area (Å²) in [7, 11) is 0. The Morgan fingerprint density at radius 3 is 2.70 bits per heavy atom. The van der Waals surface area contributed by atoms with Crippen LogP contribution in [0.2, 0.25) is 0 Å². The van der Waals surface area contributed by atoms with Crippen molar-refractivity contribution >= 4 is 0 Å². The van der Waals surface area contributed by atoms with E-state index < -0.39 is 0 Å². The molecule has 4 heteroatoms. The van der Waals surface area contributed by atoms with Crippen LogP contribution in [-0.4, -0.2) is 27.7 Å². The van der Waals surface area contributed by atoms with E-state index in [0.717, 1.165) is 31.7 Å². The fourth-order valence-corrected chi connectivity index (χ4v) is 3.68. The number of pyridine rings is 1. The number of hydrogen-bond donors (Lipinski definition) is 1. The lowest BCUT2D eigenvalue weighted by molar-refractivity contribution is 0.227. The van der Waals surface area contributed by atoms with Crippen molar-refractivity contribution in [2.45, 2.75) is 71.9 Å². The predicted octanol–water partition coefficient (Wildman–Crippen LogP) is 3.93. The minimum Gasteiger partial charge on any atom is -0.503 e. The van der Waals surface area contributed by atoms with Crippen LogP contribution < -0.4 is 5.43 Å². The number of nitrogens with zero attached hydrogens (tertiary/aromatic N) is 2. The molecule has 0 radical (unpaired) electrons. The topological polar surface area (TPSA) is 45.5 Å². The number of unbranched alkanes of at least 4 members (excludes halogenated alkanes) is 1. The quantitative estimate of drug-likeness (QED) is 0.828. The Morgan fingerprint density at radius 1 is 1.30 bits per heavy atom. The lowest BCUT2D eigenvalue weighted by atomic mass is 9.85. The zero-order chi connectivity index (χ0) is 16.8. The molecule has 0 bridgehead atoms. The molecule has 4 nitrogen and oxygen atoms in total. The molecule has 0 aromatic carbocycles. The first-order chi connectivity index (χ1) is 11.1. The second kappa shape index (κ2) is 8.53. The summed E-state index contributed by atoms with van der Waals surface area (Å²) in [5, 5.41) is 9.93. The first-order valence-electron chi connectivity index (χ1n) is 9.23. The predicted molar refractivity (Wildman–Crippen MR) is 94.9 cm³/mol. The van der Waals surface area contributed by atoms with Gasteiger partial charge in [0, 0.05) is 24.3 Å². The summed E-state index contributed by atoms with van der Waals surface area (Å²) in [6.07, 6.45) is 8.92. The van der Waals surface area contributed by atoms with E-state index >= 15 is 0 Å². The second-order valence-electron chi connectivity index (χ2n) is 6.97. The van der Waals surface area contributed by atoms with Crippen molar-refractivity contribution in [1.82, 2.24) is 9.47 Å². The van der Waals surface area contributed by atoms with E-state index in [9.17, 15) is 9.90 Å². The second-order valence-corrected chi connectivity index (χ2v) is 6.97. The Kier molecular flexibility index (Phi) is 6.70. The van der Waals surface area contributed by atoms with Crippen molar-refractivity contribution < 1.29 is 5.11 Å². The molecule has 1 fully saturated rings. The third-order valence-electron chi connectivity index (χ3n) is 5.23. The summed E-state index contributed by atoms with van der Waals surface area (Å²) in [4.78, 5) is 14.3. The van der Waals surface area contributed by atoms with Crippen molar-refractivity contribution in [1.29, 1.82) is 0 Å². The van der Waals surface area contributed by atoms with E-state index in [0.29, 0.717) is 12.0 Å². The summed E-state index contributed by atoms with van der Waals surface area (Å²) >= 11 is 0. The fourth-order valence-electron chi connectivity index (χ4n) is 3.68. The highest BCUT2D eigenvalue weighted by atomic mass is 16.3. The van der Waals surface area contributed by atoms with Crippen molar-refractivity contribution in [3.63, 3.8) is 0 Å². The molecule has 0 aliphatic heterocycles. The molecule has 1 aliphatic rings. The molecule has 1 heterocycles. The summed E-state index contributed by atoms with van der Waals surface area (Å²) in [6.45, 7) is 9.49. The lowest BCUT2D eigenvalue weighted by Crippen LogP contribution is -2.30. The highest BCUT2D eigenvalue weighted by molar-refractivity contribution is 5.21. The molecule has 0 amide bonds. The maximum Gasteiger partial charge on any atom is 0.223 e. The highest BCUT2D eigenvalue weighted by Crippen LogP contribution is 2.34. The average molecular weight is 320 g/mol. The molecule has 1 N–H and O–H groups in total. The van der Waals surface area contributed by atoms with Gasteiger partial charge in [-0.2, -0.15) is 0 Å². The number of aromatic hydroxyl groups is 1. The Bertz CT molecular complexity index is 553. The van der Waals surface area contributed by atoms with Gasteiger partial charge in [-0.3, -0.25) is 9.69 Å². The van der Waals surface area contributed by atoms with Crippen LogP contribution in [0, 0.1) is 5.92 Å². The molecule has 1 aliphatic carbocycles. The van der Waals surface area contributed by atoms with Gasteiger partial charge in [0.05, 0.1) is 6.20 Å². The Labute approximate surface area is 140 Å². The molecule has 2 unspecified atom stereocenters. The Morgan fingerprint density at radius 2 is 2.04 bits per heavy atom. The van der Waals surface area contributed by atoms with E-state index in [2.05, 4.69) is 30.2 Å². The van der Waals surface area contributed by atoms with Crippen LogP contribution in [0.15, 0.2) is 17.1 Å². The molecule has 2 atom stereocenters. The van der Waals surface area contributed by atoms with Crippen LogP contribution in [0.1, 0.15) is 71.0 Å². The van der Waals surface area contributed by atoms with Gasteiger partial charge in [-0.25, -0.2) is 0 Å². The number of aromatic nitrogens is 1. The minimum absolute atomic E-state index is 0.122. The van der Waals surface area contributed by atoms with Gasteiger partial charge in [0.1, 0.15) is 0 Å². The van der Waals surface area contributed by atoms with E-state index in [1.165, 1.54) is 32.1 Å². The largest absolute Gasteiger partial charge is 0.503 e. The third-order valence-corrected chi connectivity index (χ3v) is 5.23. The zero-order valence-corrected chi connectivity index (χ0v) is 14.9. The maximum atomic E-state index is 12.0. The monoisotopic (exact) mass is 320 g/mol. The first kappa shape index (κ1) is 18.1. The average Bonchev–Trinajstić information content (AvgIpc) is 2.55. The molecular formula is C19H32N2O2. The smallest absolute Gasteiger partial charge is 0.223 e. The molecule has 130 valence electrons. The van der Waals surface area contributed by atoms with E-state index in [-0.39, 0.29) is 11.2 Å². The highest BCUT2D eigenvalue weighted by Gasteiger charge is 2.25. The van der Waals surface area contributed by atoms with Crippen LogP contribution in [0.5, 0.6) is 5.75 Å². The summed E-state index contributed by atoms with van der Waals surface area (Å²) in [5.41, 5.74) is 0.788. The van der Waals surface area contributed by atoms with Crippen molar-refractivity contribution in [2.75, 3.05) is 13.1 Å². The summed E-state index contributed by atoms with van der Waals surface area (Å²) in [6, 6.07) is 2.04. The van der Waals surface area contributed by atoms with Crippen molar-refractivity contribution in [3.8, 4) is 5.75 Å². The van der Waals surface area contributed by atoms with Gasteiger partial charge in [-0.05, 0) is 38.3 Å². The maximum absolute atomic E-state index is 12.0. The minimum atomic E-state index is -0.258. The van der Waals surface area contributed by atoms with Gasteiger partial charge in [0.2, 0.25) is 5.43 Å². The van der Waals surface area contributed by atoms with Crippen LogP contribution in [0.25, 0.3) is 0 Å². The Balaban J connectivity index is 2.29. The summed E-state index contributed by atoms with van der Waals surface area (Å²) < 4.78 is 2.19. The van der Waals surface area contributed by atoms with Gasteiger partial charge in [0.15, 0.2) is 5.75 Å². The molecule has 1 aromatic rings. The van der Waals surface area contributed by atoms with E-state index in [1.807, 2.05) is 0 Å². The number of hydrogen-bond acceptors (Lipinski definition) is 3. The molecule has 0 saturated heterocycles. The van der Waals surface area contributed by atoms with E-state index in [1.54, 1.807) is 12.3 Å². The molecule has 2 rings (SSSR count). The van der Waals surface area contributed by atoms with Gasteiger partial charge in [-0.15, -0.1) is 0 Å². The first-order valence-corrected chi connectivity index (χ1v) is 9.23. The molecule has 0 spiro atoms. The van der Waals surface area contributed by atoms with Gasteiger partial charge in [0.25, 0.3) is 0 Å². The third kappa shape index (κ3) is 4.60. The SMILES string of the molecule is CCCCN(CC)Cc1cc(=O)c(O)cn1C1CCCCC1C. The summed E-state index contributed by atoms with van der Waals surface area (Å²) in [5.74, 6) is 0.471. The molecule has 1 aromatic heterocycles. The van der Waals surface area contributed by atoms with E-state index in [4.69, 9.17) is 0 Å². The van der Waals surface area contributed by atoms with Crippen LogP contribution in [-0.2, 0) is 6.54 Å². The van der Waals surface area contributed by atoms with Crippen molar-refractivity contribution in [3.05, 3.63) is 28.2 Å². The fraction of sp³-hybridized carbons (Fsp3) is 0.737. The molecule has 23 heavy (non-hydrogen) atoms. The van der Waals surface area contributed by atoms with Crippen LogP contribution >= 0.6 is 0 Å².